The van der Waals surface area contributed by atoms with Gasteiger partial charge in [-0.3, -0.25) is 19.3 Å². The standard InChI is InChI=1S/C51H102N4O6S/c1-6-9-12-15-18-20-25-32-40-48(39-31-24-19-16-13-10-7-2)61-50(57)42-34-27-23-29-36-45-55(46-38-43-53-51(52-4)54-62(5,58)59)44-35-28-22-26-33-41-49(56)60-47-37-30-21-17-14-11-8-3/h48H,6-47H2,1-5H3,(H2,52,53,54). The van der Waals surface area contributed by atoms with Gasteiger partial charge in [-0.25, -0.2) is 8.42 Å². The zero-order valence-electron chi connectivity index (χ0n) is 41.5. The first-order valence-corrected chi connectivity index (χ1v) is 28.3. The summed E-state index contributed by atoms with van der Waals surface area (Å²) in [4.78, 5) is 31.6. The van der Waals surface area contributed by atoms with Crippen molar-refractivity contribution in [2.75, 3.05) is 46.1 Å². The molecule has 0 aliphatic heterocycles. The van der Waals surface area contributed by atoms with E-state index < -0.39 is 10.0 Å². The molecule has 0 radical (unpaired) electrons. The van der Waals surface area contributed by atoms with Crippen molar-refractivity contribution in [3.05, 3.63) is 0 Å². The van der Waals surface area contributed by atoms with Crippen molar-refractivity contribution in [2.24, 2.45) is 4.99 Å². The highest BCUT2D eigenvalue weighted by Gasteiger charge is 2.15. The molecule has 11 heteroatoms. The topological polar surface area (TPSA) is 126 Å². The molecule has 10 nitrogen and oxygen atoms in total. The maximum atomic E-state index is 12.9. The predicted molar refractivity (Wildman–Crippen MR) is 264 cm³/mol. The molecule has 0 fully saturated rings. The summed E-state index contributed by atoms with van der Waals surface area (Å²) in [7, 11) is -1.81. The lowest BCUT2D eigenvalue weighted by Gasteiger charge is -2.23. The molecule has 0 aromatic rings. The maximum Gasteiger partial charge on any atom is 0.306 e. The number of carbonyl (C=O) groups excluding carboxylic acids is 2. The van der Waals surface area contributed by atoms with E-state index in [1.54, 1.807) is 7.05 Å². The summed E-state index contributed by atoms with van der Waals surface area (Å²) >= 11 is 0. The molecule has 0 aromatic carbocycles. The fourth-order valence-corrected chi connectivity index (χ4v) is 8.63. The lowest BCUT2D eigenvalue weighted by atomic mass is 10.0. The minimum atomic E-state index is -3.38. The minimum Gasteiger partial charge on any atom is -0.466 e. The second-order valence-corrected chi connectivity index (χ2v) is 20.0. The second-order valence-electron chi connectivity index (χ2n) is 18.2. The zero-order valence-corrected chi connectivity index (χ0v) is 42.3. The highest BCUT2D eigenvalue weighted by atomic mass is 32.2. The Morgan fingerprint density at radius 2 is 0.903 bits per heavy atom. The monoisotopic (exact) mass is 899 g/mol. The van der Waals surface area contributed by atoms with Gasteiger partial charge in [0.25, 0.3) is 0 Å². The van der Waals surface area contributed by atoms with E-state index in [4.69, 9.17) is 9.47 Å². The van der Waals surface area contributed by atoms with Gasteiger partial charge in [-0.1, -0.05) is 181 Å². The predicted octanol–water partition coefficient (Wildman–Crippen LogP) is 13.4. The number of nitrogens with one attached hydrogen (secondary N) is 2. The van der Waals surface area contributed by atoms with Crippen LogP contribution in [0.25, 0.3) is 0 Å². The van der Waals surface area contributed by atoms with Crippen molar-refractivity contribution in [3.63, 3.8) is 0 Å². The first-order valence-electron chi connectivity index (χ1n) is 26.4. The number of rotatable bonds is 47. The van der Waals surface area contributed by atoms with Gasteiger partial charge in [0.1, 0.15) is 6.10 Å². The van der Waals surface area contributed by atoms with Crippen LogP contribution in [0.15, 0.2) is 4.99 Å². The van der Waals surface area contributed by atoms with Crippen LogP contribution < -0.4 is 10.0 Å². The van der Waals surface area contributed by atoms with Gasteiger partial charge in [-0.2, -0.15) is 0 Å². The van der Waals surface area contributed by atoms with E-state index in [1.807, 2.05) is 0 Å². The number of guanidine groups is 1. The minimum absolute atomic E-state index is 0.000886. The normalized spacial score (nSPS) is 12.5. The summed E-state index contributed by atoms with van der Waals surface area (Å²) in [6.45, 7) is 11.0. The molecule has 0 saturated heterocycles. The number of carbonyl (C=O) groups is 2. The lowest BCUT2D eigenvalue weighted by molar-refractivity contribution is -0.150. The smallest absolute Gasteiger partial charge is 0.306 e. The SMILES string of the molecule is CCCCCCCCCCC(CCCCCCCCC)OC(=O)CCCCCCCN(CCCCCCCC(=O)OCCCCCCCCC)CCCNC(=NC)NS(C)(=O)=O. The molecule has 0 rings (SSSR count). The maximum absolute atomic E-state index is 12.9. The van der Waals surface area contributed by atoms with E-state index >= 15 is 0 Å². The summed E-state index contributed by atoms with van der Waals surface area (Å²) in [6, 6.07) is 0. The number of nitrogens with zero attached hydrogens (tertiary/aromatic N) is 2. The molecule has 0 bridgehead atoms. The number of esters is 2. The molecular weight excluding hydrogens is 797 g/mol. The van der Waals surface area contributed by atoms with E-state index in [0.717, 1.165) is 122 Å². The number of aliphatic imine (C=N–C) groups is 1. The molecule has 62 heavy (non-hydrogen) atoms. The van der Waals surface area contributed by atoms with Gasteiger partial charge < -0.3 is 19.7 Å². The van der Waals surface area contributed by atoms with E-state index in [9.17, 15) is 18.0 Å². The Kier molecular flexibility index (Phi) is 44.3. The van der Waals surface area contributed by atoms with Crippen LogP contribution in [-0.4, -0.2) is 83.4 Å². The van der Waals surface area contributed by atoms with Crippen molar-refractivity contribution in [2.45, 2.75) is 264 Å². The van der Waals surface area contributed by atoms with Crippen LogP contribution in [0.5, 0.6) is 0 Å². The summed E-state index contributed by atoms with van der Waals surface area (Å²) < 4.78 is 37.3. The van der Waals surface area contributed by atoms with Crippen LogP contribution in [0, 0.1) is 0 Å². The molecule has 0 aromatic heterocycles. The van der Waals surface area contributed by atoms with Crippen molar-refractivity contribution in [1.29, 1.82) is 0 Å². The Bertz CT molecular complexity index is 1140. The number of sulfonamides is 1. The summed E-state index contributed by atoms with van der Waals surface area (Å²) in [5.41, 5.74) is 0. The fraction of sp³-hybridized carbons (Fsp3) is 0.941. The molecule has 1 unspecified atom stereocenters. The number of hydrogen-bond acceptors (Lipinski definition) is 8. The van der Waals surface area contributed by atoms with Crippen LogP contribution in [0.1, 0.15) is 258 Å². The number of ether oxygens (including phenoxy) is 2. The van der Waals surface area contributed by atoms with Gasteiger partial charge in [0.15, 0.2) is 0 Å². The molecule has 0 aliphatic carbocycles. The second kappa shape index (κ2) is 45.7. The zero-order chi connectivity index (χ0) is 45.6. The van der Waals surface area contributed by atoms with Crippen LogP contribution in [-0.2, 0) is 29.1 Å². The Balaban J connectivity index is 4.58. The molecule has 0 spiro atoms. The van der Waals surface area contributed by atoms with Gasteiger partial charge in [-0.15, -0.1) is 0 Å². The third-order valence-corrected chi connectivity index (χ3v) is 12.5. The molecule has 0 amide bonds. The Labute approximate surface area is 384 Å². The highest BCUT2D eigenvalue weighted by Crippen LogP contribution is 2.19. The van der Waals surface area contributed by atoms with Gasteiger partial charge in [0.05, 0.1) is 12.9 Å². The van der Waals surface area contributed by atoms with Crippen molar-refractivity contribution in [3.8, 4) is 0 Å². The lowest BCUT2D eigenvalue weighted by Crippen LogP contribution is -2.41. The van der Waals surface area contributed by atoms with E-state index in [2.05, 4.69) is 40.7 Å². The fourth-order valence-electron chi connectivity index (χ4n) is 8.11. The number of hydrogen-bond donors (Lipinski definition) is 2. The van der Waals surface area contributed by atoms with Gasteiger partial charge in [0, 0.05) is 26.4 Å². The van der Waals surface area contributed by atoms with E-state index in [-0.39, 0.29) is 24.0 Å². The van der Waals surface area contributed by atoms with Crippen molar-refractivity contribution in [1.82, 2.24) is 14.9 Å². The van der Waals surface area contributed by atoms with Crippen LogP contribution in [0.4, 0.5) is 0 Å². The quantitative estimate of drug-likeness (QED) is 0.0268. The highest BCUT2D eigenvalue weighted by molar-refractivity contribution is 7.89. The van der Waals surface area contributed by atoms with Crippen molar-refractivity contribution < 1.29 is 27.5 Å². The van der Waals surface area contributed by atoms with Gasteiger partial charge in [0.2, 0.25) is 16.0 Å². The molecule has 368 valence electrons. The molecule has 2 N–H and O–H groups in total. The summed E-state index contributed by atoms with van der Waals surface area (Å²) in [5.74, 6) is 0.224. The molecule has 0 heterocycles. The first kappa shape index (κ1) is 60.1. The van der Waals surface area contributed by atoms with Crippen LogP contribution >= 0.6 is 0 Å². The Hall–Kier alpha value is -1.88. The number of unbranched alkanes of at least 4 members (excludes halogenated alkanes) is 27. The molecular formula is C51H102N4O6S. The largest absolute Gasteiger partial charge is 0.466 e. The first-order chi connectivity index (χ1) is 30.1. The molecule has 0 saturated carbocycles. The Morgan fingerprint density at radius 3 is 1.35 bits per heavy atom. The van der Waals surface area contributed by atoms with Crippen LogP contribution in [0.2, 0.25) is 0 Å². The Morgan fingerprint density at radius 1 is 0.516 bits per heavy atom. The van der Waals surface area contributed by atoms with E-state index in [0.29, 0.717) is 26.0 Å². The third-order valence-electron chi connectivity index (χ3n) is 12.0. The average molecular weight is 899 g/mol. The third kappa shape index (κ3) is 44.7. The summed E-state index contributed by atoms with van der Waals surface area (Å²) in [5, 5.41) is 3.12. The average Bonchev–Trinajstić information content (AvgIpc) is 3.24. The van der Waals surface area contributed by atoms with Gasteiger partial charge >= 0.3 is 11.9 Å². The van der Waals surface area contributed by atoms with E-state index in [1.165, 1.54) is 128 Å². The van der Waals surface area contributed by atoms with Gasteiger partial charge in [-0.05, 0) is 83.8 Å². The van der Waals surface area contributed by atoms with Crippen molar-refractivity contribution >= 4 is 27.9 Å². The van der Waals surface area contributed by atoms with Crippen LogP contribution in [0.3, 0.4) is 0 Å². The summed E-state index contributed by atoms with van der Waals surface area (Å²) in [6.07, 6.45) is 43.8. The molecule has 1 atom stereocenters. The molecule has 0 aliphatic rings.